The Labute approximate surface area is 407 Å². The number of aliphatic hydroxyl groups is 1. The van der Waals surface area contributed by atoms with Crippen molar-refractivity contribution in [1.29, 1.82) is 0 Å². The average molecular weight is 1020 g/mol. The number of hydrogen-bond acceptors (Lipinski definition) is 12. The Morgan fingerprint density at radius 3 is 2.51 bits per heavy atom. The molecule has 2 aromatic carbocycles. The smallest absolute Gasteiger partial charge is 0.281 e. The van der Waals surface area contributed by atoms with Crippen LogP contribution in [0.3, 0.4) is 0 Å². The minimum Gasteiger partial charge on any atom is -0.496 e. The van der Waals surface area contributed by atoms with Gasteiger partial charge in [0.25, 0.3) is 17.7 Å². The van der Waals surface area contributed by atoms with Gasteiger partial charge < -0.3 is 36.1 Å². The van der Waals surface area contributed by atoms with Crippen LogP contribution in [0, 0.1) is 17.8 Å². The Bertz CT molecular complexity index is 2640. The van der Waals surface area contributed by atoms with Crippen molar-refractivity contribution in [1.82, 2.24) is 35.2 Å². The van der Waals surface area contributed by atoms with Crippen molar-refractivity contribution in [3.05, 3.63) is 57.7 Å². The summed E-state index contributed by atoms with van der Waals surface area (Å²) in [5.41, 5.74) is 8.79. The summed E-state index contributed by atoms with van der Waals surface area (Å²) in [7, 11) is -0.0694. The number of nitrogens with two attached hydrogens (primary N) is 1. The second-order valence-corrected chi connectivity index (χ2v) is 22.9. The van der Waals surface area contributed by atoms with Crippen molar-refractivity contribution in [3.8, 4) is 5.75 Å². The number of H-pyrrole nitrogens is 1. The van der Waals surface area contributed by atoms with Gasteiger partial charge in [0.15, 0.2) is 9.84 Å². The van der Waals surface area contributed by atoms with Gasteiger partial charge in [0.2, 0.25) is 17.5 Å². The van der Waals surface area contributed by atoms with Gasteiger partial charge in [-0.1, -0.05) is 59.8 Å². The number of sulfone groups is 1. The SMILES string of the molecule is CC(C)C[C@H]1C(=O)N2CCC[C@H]2[C@]2(O)O[C@](NC(=O)[C@@H]3C=C4c5cccc6[nH]c(Br)c(c56)C[C@H]4N(C)C3)(C(C)C)C(=O)N12.CCN1CCCC1CNC(=O)c1cc(S(=O)(=O)CC)c(N)cc1OC. The molecule has 1 aliphatic carbocycles. The Morgan fingerprint density at radius 2 is 1.84 bits per heavy atom. The molecular weight excluding hydrogens is 957 g/mol. The van der Waals surface area contributed by atoms with Crippen molar-refractivity contribution in [2.24, 2.45) is 17.8 Å². The second-order valence-electron chi connectivity index (χ2n) is 19.8. The zero-order valence-corrected chi connectivity index (χ0v) is 42.8. The number of nitrogen functional groups attached to an aromatic ring is 1. The predicted octanol–water partition coefficient (Wildman–Crippen LogP) is 4.48. The number of likely N-dealkylation sites (tertiary alicyclic amines) is 1. The molecule has 0 saturated carbocycles. The van der Waals surface area contributed by atoms with E-state index in [1.807, 2.05) is 33.0 Å². The summed E-state index contributed by atoms with van der Waals surface area (Å²) in [6.45, 7) is 14.7. The molecule has 3 aromatic rings. The average Bonchev–Trinajstić information content (AvgIpc) is 4.10. The first kappa shape index (κ1) is 49.9. The fourth-order valence-electron chi connectivity index (χ4n) is 11.3. The minimum absolute atomic E-state index is 0.0306. The Kier molecular flexibility index (Phi) is 13.9. The number of benzene rings is 2. The van der Waals surface area contributed by atoms with E-state index in [4.69, 9.17) is 15.2 Å². The van der Waals surface area contributed by atoms with E-state index < -0.39 is 51.3 Å². The molecule has 5 aliphatic heterocycles. The predicted molar refractivity (Wildman–Crippen MR) is 262 cm³/mol. The van der Waals surface area contributed by atoms with Crippen LogP contribution in [0.2, 0.25) is 0 Å². The monoisotopic (exact) mass is 1020 g/mol. The van der Waals surface area contributed by atoms with Gasteiger partial charge in [0.05, 0.1) is 39.5 Å². The molecule has 0 radical (unpaired) electrons. The lowest BCUT2D eigenvalue weighted by atomic mass is 9.79. The van der Waals surface area contributed by atoms with Gasteiger partial charge >= 0.3 is 0 Å². The summed E-state index contributed by atoms with van der Waals surface area (Å²) >= 11 is 3.70. The van der Waals surface area contributed by atoms with Crippen LogP contribution >= 0.6 is 15.9 Å². The molecule has 4 saturated heterocycles. The Balaban J connectivity index is 0.000000214. The molecule has 1 unspecified atom stereocenters. The number of nitrogens with one attached hydrogen (secondary N) is 3. The van der Waals surface area contributed by atoms with E-state index in [9.17, 15) is 32.7 Å². The molecule has 4 amide bonds. The molecule has 6 N–H and O–H groups in total. The normalized spacial score (nSPS) is 28.1. The number of rotatable bonds is 12. The second kappa shape index (κ2) is 19.0. The van der Waals surface area contributed by atoms with Gasteiger partial charge in [-0.25, -0.2) is 8.42 Å². The molecular formula is C49H67BrN8O9S. The van der Waals surface area contributed by atoms with Crippen LogP contribution in [0.25, 0.3) is 16.5 Å². The highest BCUT2D eigenvalue weighted by molar-refractivity contribution is 9.10. The van der Waals surface area contributed by atoms with Crippen LogP contribution in [0.5, 0.6) is 5.75 Å². The molecule has 68 heavy (non-hydrogen) atoms. The Morgan fingerprint density at radius 1 is 1.10 bits per heavy atom. The number of aromatic nitrogens is 1. The van der Waals surface area contributed by atoms with Crippen LogP contribution in [-0.2, 0) is 35.4 Å². The molecule has 0 spiro atoms. The zero-order chi connectivity index (χ0) is 49.2. The highest BCUT2D eigenvalue weighted by Gasteiger charge is 2.72. The number of methoxy groups -OCH3 is 1. The number of likely N-dealkylation sites (N-methyl/N-ethyl adjacent to an activating group) is 2. The number of hydrogen-bond donors (Lipinski definition) is 5. The van der Waals surface area contributed by atoms with Crippen molar-refractivity contribution in [2.75, 3.05) is 58.4 Å². The summed E-state index contributed by atoms with van der Waals surface area (Å²) < 4.78 is 37.0. The van der Waals surface area contributed by atoms with Gasteiger partial charge in [-0.3, -0.25) is 38.6 Å². The number of carbonyl (C=O) groups is 4. The van der Waals surface area contributed by atoms with Crippen molar-refractivity contribution >= 4 is 71.6 Å². The molecule has 6 heterocycles. The molecule has 0 bridgehead atoms. The fourth-order valence-corrected chi connectivity index (χ4v) is 12.9. The molecule has 19 heteroatoms. The third kappa shape index (κ3) is 8.52. The summed E-state index contributed by atoms with van der Waals surface area (Å²) in [5.74, 6) is -4.19. The van der Waals surface area contributed by atoms with Gasteiger partial charge in [0.1, 0.15) is 17.8 Å². The molecule has 9 rings (SSSR count). The van der Waals surface area contributed by atoms with Gasteiger partial charge in [-0.05, 0) is 109 Å². The lowest BCUT2D eigenvalue weighted by Gasteiger charge is -2.49. The molecule has 4 fully saturated rings. The maximum atomic E-state index is 14.4. The topological polar surface area (TPSA) is 220 Å². The number of anilines is 1. The van der Waals surface area contributed by atoms with Crippen molar-refractivity contribution < 1.29 is 42.2 Å². The van der Waals surface area contributed by atoms with Gasteiger partial charge in [-0.2, -0.15) is 0 Å². The maximum Gasteiger partial charge on any atom is 0.281 e. The van der Waals surface area contributed by atoms with E-state index in [1.54, 1.807) is 18.7 Å². The van der Waals surface area contributed by atoms with Gasteiger partial charge in [-0.15, -0.1) is 0 Å². The number of fused-ring (bicyclic) bond motifs is 5. The number of halogens is 1. The number of amides is 4. The van der Waals surface area contributed by atoms with E-state index in [2.05, 4.69) is 60.4 Å². The lowest BCUT2D eigenvalue weighted by Crippen LogP contribution is -2.71. The summed E-state index contributed by atoms with van der Waals surface area (Å²) in [6, 6.07) is 7.79. The van der Waals surface area contributed by atoms with E-state index in [-0.39, 0.29) is 57.3 Å². The zero-order valence-electron chi connectivity index (χ0n) is 40.4. The highest BCUT2D eigenvalue weighted by Crippen LogP contribution is 2.49. The number of aromatic amines is 1. The largest absolute Gasteiger partial charge is 0.496 e. The third-order valence-electron chi connectivity index (χ3n) is 14.9. The number of ether oxygens (including phenoxy) is 2. The number of nitrogens with zero attached hydrogens (tertiary/aromatic N) is 4. The number of piperazine rings is 1. The fraction of sp³-hybridized carbons (Fsp3) is 0.592. The summed E-state index contributed by atoms with van der Waals surface area (Å²) in [5, 5.41) is 19.2. The third-order valence-corrected chi connectivity index (χ3v) is 17.4. The van der Waals surface area contributed by atoms with Crippen LogP contribution < -0.4 is 21.1 Å². The molecule has 17 nitrogen and oxygen atoms in total. The first-order valence-electron chi connectivity index (χ1n) is 24.0. The van der Waals surface area contributed by atoms with E-state index >= 15 is 0 Å². The first-order chi connectivity index (χ1) is 32.2. The van der Waals surface area contributed by atoms with Crippen LogP contribution in [-0.4, -0.2) is 150 Å². The molecule has 1 aromatic heterocycles. The van der Waals surface area contributed by atoms with Gasteiger partial charge in [0, 0.05) is 54.6 Å². The van der Waals surface area contributed by atoms with Crippen molar-refractivity contribution in [2.45, 2.75) is 121 Å². The van der Waals surface area contributed by atoms with Crippen LogP contribution in [0.4, 0.5) is 5.69 Å². The standard InChI is InChI=1S/C32H40BrN5O5.C17H27N3O4S/c1-16(2)12-24-29(40)37-11-7-10-25(37)32(42)38(24)30(41)31(43-32,17(3)4)35-28(39)18-13-20-19-8-6-9-22-26(19)21(27(33)34-22)14-23(20)36(5)15-18;1-4-20-8-6-7-12(20)11-19-17(21)13-9-16(25(22,23)5-2)14(18)10-15(13)24-3/h6,8-9,13,16-18,23-25,34,42H,7,10-12,14-15H2,1-5H3,(H,35,39);9-10,12H,4-8,11,18H2,1-3H3,(H,19,21)/t18-,23-,24+,25+,31-,32+;/m1./s1. The molecule has 370 valence electrons. The van der Waals surface area contributed by atoms with E-state index in [0.29, 0.717) is 38.5 Å². The quantitative estimate of drug-likeness (QED) is 0.159. The van der Waals surface area contributed by atoms with Crippen LogP contribution in [0.1, 0.15) is 95.1 Å². The Hall–Kier alpha value is -4.53. The van der Waals surface area contributed by atoms with Crippen molar-refractivity contribution in [3.63, 3.8) is 0 Å². The maximum absolute atomic E-state index is 14.4. The van der Waals surface area contributed by atoms with Crippen LogP contribution in [0.15, 0.2) is 45.9 Å². The minimum atomic E-state index is -3.52. The lowest BCUT2D eigenvalue weighted by molar-refractivity contribution is -0.322. The first-order valence-corrected chi connectivity index (χ1v) is 26.5. The summed E-state index contributed by atoms with van der Waals surface area (Å²) in [6.07, 6.45) is 6.65. The van der Waals surface area contributed by atoms with E-state index in [0.717, 1.165) is 60.0 Å². The molecule has 6 aliphatic rings. The summed E-state index contributed by atoms with van der Waals surface area (Å²) in [4.78, 5) is 65.7. The van der Waals surface area contributed by atoms with E-state index in [1.165, 1.54) is 42.0 Å². The highest BCUT2D eigenvalue weighted by atomic mass is 79.9. The number of carbonyl (C=O) groups excluding carboxylic acids is 4. The molecule has 7 atom stereocenters.